The summed E-state index contributed by atoms with van der Waals surface area (Å²) < 4.78 is 36.8. The lowest BCUT2D eigenvalue weighted by Crippen LogP contribution is -2.29. The van der Waals surface area contributed by atoms with E-state index in [0.717, 1.165) is 12.1 Å². The van der Waals surface area contributed by atoms with Crippen molar-refractivity contribution in [1.82, 2.24) is 0 Å². The molecule has 1 aromatic carbocycles. The number of carbonyl (C=O) groups is 1. The highest BCUT2D eigenvalue weighted by atomic mass is 31.0. The van der Waals surface area contributed by atoms with Crippen LogP contribution in [0.4, 0.5) is 13.6 Å². The van der Waals surface area contributed by atoms with E-state index in [1.165, 1.54) is 15.3 Å². The molecule has 0 aliphatic carbocycles. The van der Waals surface area contributed by atoms with Gasteiger partial charge in [0.15, 0.2) is 0 Å². The minimum absolute atomic E-state index is 0.102. The molecule has 0 spiro atoms. The van der Waals surface area contributed by atoms with Gasteiger partial charge in [0, 0.05) is 0 Å². The Morgan fingerprint density at radius 1 is 1.43 bits per heavy atom. The lowest BCUT2D eigenvalue weighted by molar-refractivity contribution is 0.00595. The number of alkyl halides is 2. The van der Waals surface area contributed by atoms with Crippen molar-refractivity contribution >= 4 is 15.4 Å². The first-order valence-electron chi connectivity index (χ1n) is 6.21. The molecular weight excluding hydrogens is 299 g/mol. The van der Waals surface area contributed by atoms with Gasteiger partial charge in [0.25, 0.3) is 5.66 Å². The highest BCUT2D eigenvalue weighted by molar-refractivity contribution is 7.17. The molecule has 0 bridgehead atoms. The number of rotatable bonds is 4. The number of ether oxygens (including phenoxy) is 2. The van der Waals surface area contributed by atoms with Gasteiger partial charge in [-0.3, -0.25) is 0 Å². The zero-order chi connectivity index (χ0) is 16.3. The van der Waals surface area contributed by atoms with Crippen LogP contribution in [0.2, 0.25) is 0 Å². The van der Waals surface area contributed by atoms with E-state index in [-0.39, 0.29) is 5.56 Å². The predicted octanol–water partition coefficient (Wildman–Crippen LogP) is 4.19. The maximum absolute atomic E-state index is 13.5. The molecule has 0 radical (unpaired) electrons. The van der Waals surface area contributed by atoms with Crippen molar-refractivity contribution in [3.63, 3.8) is 0 Å². The number of halogens is 2. The second-order valence-corrected chi connectivity index (χ2v) is 5.74. The zero-order valence-electron chi connectivity index (χ0n) is 11.9. The van der Waals surface area contributed by atoms with E-state index in [4.69, 9.17) is 14.7 Å². The molecule has 0 saturated carbocycles. The molecule has 0 aliphatic heterocycles. The molecule has 114 valence electrons. The summed E-state index contributed by atoms with van der Waals surface area (Å²) in [7, 11) is 1.36. The Morgan fingerprint density at radius 3 is 2.52 bits per heavy atom. The topological polar surface area (TPSA) is 59.3 Å². The molecular formula is C14H16F2NO3P. The first-order chi connectivity index (χ1) is 9.59. The first-order valence-corrected chi connectivity index (χ1v) is 6.79. The Bertz CT molecular complexity index is 577. The van der Waals surface area contributed by atoms with E-state index < -0.39 is 28.7 Å². The molecule has 1 unspecified atom stereocenters. The van der Waals surface area contributed by atoms with Crippen LogP contribution in [0.3, 0.4) is 0 Å². The fraction of sp³-hybridized carbons (Fsp3) is 0.429. The standard InChI is InChI=1S/C14H16F2NO3P/c1-4-13(2,3)20-12(18)19-11-7-9(8-17)5-6-10(11)14(15,16)21/h5-7H,4,21H2,1-3H3. The fourth-order valence-corrected chi connectivity index (χ4v) is 1.60. The smallest absolute Gasteiger partial charge is 0.428 e. The maximum atomic E-state index is 13.5. The molecule has 1 atom stereocenters. The van der Waals surface area contributed by atoms with Crippen LogP contribution in [0.15, 0.2) is 18.2 Å². The second-order valence-electron chi connectivity index (χ2n) is 5.01. The molecule has 0 heterocycles. The second kappa shape index (κ2) is 6.36. The molecule has 0 aromatic heterocycles. The fourth-order valence-electron chi connectivity index (χ4n) is 1.36. The van der Waals surface area contributed by atoms with Gasteiger partial charge < -0.3 is 9.47 Å². The summed E-state index contributed by atoms with van der Waals surface area (Å²) in [5.74, 6) is -0.397. The van der Waals surface area contributed by atoms with Gasteiger partial charge >= 0.3 is 6.16 Å². The van der Waals surface area contributed by atoms with Crippen LogP contribution in [-0.4, -0.2) is 11.8 Å². The van der Waals surface area contributed by atoms with Gasteiger partial charge in [0.1, 0.15) is 11.4 Å². The van der Waals surface area contributed by atoms with Crippen molar-refractivity contribution < 1.29 is 23.0 Å². The average molecular weight is 315 g/mol. The molecule has 0 aliphatic rings. The van der Waals surface area contributed by atoms with Gasteiger partial charge in [-0.1, -0.05) is 16.2 Å². The predicted molar refractivity (Wildman–Crippen MR) is 76.2 cm³/mol. The van der Waals surface area contributed by atoms with Crippen LogP contribution < -0.4 is 4.74 Å². The summed E-state index contributed by atoms with van der Waals surface area (Å²) >= 11 is 0. The van der Waals surface area contributed by atoms with E-state index in [1.807, 2.05) is 6.92 Å². The molecule has 4 nitrogen and oxygen atoms in total. The molecule has 7 heteroatoms. The third kappa shape index (κ3) is 4.95. The van der Waals surface area contributed by atoms with Crippen molar-refractivity contribution in [2.45, 2.75) is 38.5 Å². The van der Waals surface area contributed by atoms with Crippen LogP contribution in [-0.2, 0) is 10.4 Å². The molecule has 1 aromatic rings. The van der Waals surface area contributed by atoms with E-state index in [0.29, 0.717) is 6.42 Å². The number of hydrogen-bond donors (Lipinski definition) is 0. The third-order valence-corrected chi connectivity index (χ3v) is 3.19. The maximum Gasteiger partial charge on any atom is 0.514 e. The van der Waals surface area contributed by atoms with E-state index in [1.54, 1.807) is 19.9 Å². The number of nitrogens with zero attached hydrogens (tertiary/aromatic N) is 1. The van der Waals surface area contributed by atoms with Crippen LogP contribution in [0.25, 0.3) is 0 Å². The lowest BCUT2D eigenvalue weighted by atomic mass is 10.1. The summed E-state index contributed by atoms with van der Waals surface area (Å²) in [5, 5.41) is 8.80. The number of hydrogen-bond acceptors (Lipinski definition) is 4. The Balaban J connectivity index is 3.06. The lowest BCUT2D eigenvalue weighted by Gasteiger charge is -2.23. The summed E-state index contributed by atoms with van der Waals surface area (Å²) in [6, 6.07) is 5.14. The van der Waals surface area contributed by atoms with E-state index >= 15 is 0 Å². The Labute approximate surface area is 124 Å². The SMILES string of the molecule is CCC(C)(C)OC(=O)Oc1cc(C#N)ccc1C(F)(F)P. The average Bonchev–Trinajstić information content (AvgIpc) is 2.36. The molecule has 1 rings (SSSR count). The molecule has 0 N–H and O–H groups in total. The van der Waals surface area contributed by atoms with Crippen LogP contribution in [0, 0.1) is 11.3 Å². The van der Waals surface area contributed by atoms with Gasteiger partial charge in [0.05, 0.1) is 17.2 Å². The summed E-state index contributed by atoms with van der Waals surface area (Å²) in [4.78, 5) is 11.7. The van der Waals surface area contributed by atoms with Crippen LogP contribution >= 0.6 is 9.24 Å². The van der Waals surface area contributed by atoms with Crippen molar-refractivity contribution in [1.29, 1.82) is 5.26 Å². The quantitative estimate of drug-likeness (QED) is 0.475. The van der Waals surface area contributed by atoms with E-state index in [9.17, 15) is 13.6 Å². The van der Waals surface area contributed by atoms with Gasteiger partial charge in [0.2, 0.25) is 0 Å². The van der Waals surface area contributed by atoms with Crippen LogP contribution in [0.5, 0.6) is 5.75 Å². The minimum Gasteiger partial charge on any atom is -0.428 e. The van der Waals surface area contributed by atoms with Crippen LogP contribution in [0.1, 0.15) is 38.3 Å². The molecule has 0 amide bonds. The third-order valence-electron chi connectivity index (χ3n) is 2.87. The molecule has 0 saturated heterocycles. The zero-order valence-corrected chi connectivity index (χ0v) is 13.1. The van der Waals surface area contributed by atoms with Crippen molar-refractivity contribution in [3.8, 4) is 11.8 Å². The summed E-state index contributed by atoms with van der Waals surface area (Å²) in [6.45, 7) is 5.15. The number of nitriles is 1. The van der Waals surface area contributed by atoms with Gasteiger partial charge in [-0.25, -0.2) is 4.79 Å². The van der Waals surface area contributed by atoms with E-state index in [2.05, 4.69) is 0 Å². The summed E-state index contributed by atoms with van der Waals surface area (Å²) in [6.07, 6.45) is -0.556. The molecule has 0 fully saturated rings. The monoisotopic (exact) mass is 315 g/mol. The van der Waals surface area contributed by atoms with Crippen molar-refractivity contribution in [3.05, 3.63) is 29.3 Å². The Kier molecular flexibility index (Phi) is 5.25. The largest absolute Gasteiger partial charge is 0.514 e. The minimum atomic E-state index is -3.29. The number of benzene rings is 1. The Hall–Kier alpha value is -1.73. The number of carbonyl (C=O) groups excluding carboxylic acids is 1. The first kappa shape index (κ1) is 17.3. The Morgan fingerprint density at radius 2 is 2.05 bits per heavy atom. The van der Waals surface area contributed by atoms with Crippen molar-refractivity contribution in [2.24, 2.45) is 0 Å². The summed E-state index contributed by atoms with van der Waals surface area (Å²) in [5.41, 5.74) is -4.47. The van der Waals surface area contributed by atoms with Gasteiger partial charge in [-0.15, -0.1) is 0 Å². The van der Waals surface area contributed by atoms with Crippen molar-refractivity contribution in [2.75, 3.05) is 0 Å². The molecule has 21 heavy (non-hydrogen) atoms. The normalized spacial score (nSPS) is 11.7. The highest BCUT2D eigenvalue weighted by Crippen LogP contribution is 2.40. The van der Waals surface area contributed by atoms with Gasteiger partial charge in [-0.2, -0.15) is 14.0 Å². The highest BCUT2D eigenvalue weighted by Gasteiger charge is 2.31. The van der Waals surface area contributed by atoms with Gasteiger partial charge in [-0.05, 0) is 38.5 Å².